The molecule has 5 nitrogen and oxygen atoms in total. The zero-order valence-electron chi connectivity index (χ0n) is 10.1. The number of nitrogens with zero attached hydrogens (tertiary/aromatic N) is 1. The minimum atomic E-state index is -0.245. The summed E-state index contributed by atoms with van der Waals surface area (Å²) in [5.74, 6) is -0.293. The largest absolute Gasteiger partial charge is 0.396 e. The normalized spacial score (nSPS) is 24.4. The van der Waals surface area contributed by atoms with Gasteiger partial charge in [0.2, 0.25) is 11.8 Å². The first kappa shape index (κ1) is 13.0. The first-order valence-electron chi connectivity index (χ1n) is 5.61. The molecule has 1 heterocycles. The van der Waals surface area contributed by atoms with Gasteiger partial charge in [-0.3, -0.25) is 9.59 Å². The molecule has 2 N–H and O–H groups in total. The molecule has 0 aromatic rings. The third-order valence-electron chi connectivity index (χ3n) is 3.22. The summed E-state index contributed by atoms with van der Waals surface area (Å²) in [6.07, 6.45) is 0.294. The van der Waals surface area contributed by atoms with Crippen molar-refractivity contribution in [2.75, 3.05) is 20.2 Å². The van der Waals surface area contributed by atoms with E-state index in [2.05, 4.69) is 5.32 Å². The molecule has 1 rings (SSSR count). The van der Waals surface area contributed by atoms with Gasteiger partial charge in [-0.15, -0.1) is 0 Å². The van der Waals surface area contributed by atoms with Gasteiger partial charge in [0.25, 0.3) is 0 Å². The van der Waals surface area contributed by atoms with Crippen molar-refractivity contribution in [2.45, 2.75) is 26.3 Å². The molecule has 1 saturated heterocycles. The fourth-order valence-corrected chi connectivity index (χ4v) is 1.68. The molecule has 0 spiro atoms. The lowest BCUT2D eigenvalue weighted by Crippen LogP contribution is -2.42. The molecule has 0 radical (unpaired) electrons. The van der Waals surface area contributed by atoms with Crippen molar-refractivity contribution < 1.29 is 14.7 Å². The van der Waals surface area contributed by atoms with Crippen LogP contribution in [0, 0.1) is 11.8 Å². The third kappa shape index (κ3) is 2.95. The molecule has 0 aromatic carbocycles. The number of amides is 2. The summed E-state index contributed by atoms with van der Waals surface area (Å²) in [6.45, 7) is 4.27. The van der Waals surface area contributed by atoms with E-state index in [-0.39, 0.29) is 36.3 Å². The first-order valence-corrected chi connectivity index (χ1v) is 5.61. The third-order valence-corrected chi connectivity index (χ3v) is 3.22. The van der Waals surface area contributed by atoms with Gasteiger partial charge in [0, 0.05) is 32.7 Å². The molecule has 92 valence electrons. The monoisotopic (exact) mass is 228 g/mol. The highest BCUT2D eigenvalue weighted by molar-refractivity contribution is 5.89. The fourth-order valence-electron chi connectivity index (χ4n) is 1.68. The van der Waals surface area contributed by atoms with Gasteiger partial charge in [-0.1, -0.05) is 6.92 Å². The fraction of sp³-hybridized carbons (Fsp3) is 0.818. The van der Waals surface area contributed by atoms with Crippen LogP contribution in [0.1, 0.15) is 20.3 Å². The molecule has 0 aromatic heterocycles. The van der Waals surface area contributed by atoms with Gasteiger partial charge in [-0.05, 0) is 12.8 Å². The van der Waals surface area contributed by atoms with Crippen LogP contribution < -0.4 is 5.32 Å². The Morgan fingerprint density at radius 3 is 2.69 bits per heavy atom. The Balaban J connectivity index is 2.44. The van der Waals surface area contributed by atoms with Crippen LogP contribution in [-0.4, -0.2) is 48.1 Å². The van der Waals surface area contributed by atoms with Crippen LogP contribution in [0.5, 0.6) is 0 Å². The quantitative estimate of drug-likeness (QED) is 0.687. The molecule has 3 atom stereocenters. The lowest BCUT2D eigenvalue weighted by Gasteiger charge is -2.21. The predicted octanol–water partition coefficient (Wildman–Crippen LogP) is -0.402. The van der Waals surface area contributed by atoms with Crippen LogP contribution in [0.4, 0.5) is 0 Å². The second-order valence-corrected chi connectivity index (χ2v) is 4.63. The number of rotatable bonds is 4. The first-order chi connectivity index (χ1) is 7.45. The molecular formula is C11H20N2O3. The van der Waals surface area contributed by atoms with Gasteiger partial charge in [0.1, 0.15) is 0 Å². The van der Waals surface area contributed by atoms with E-state index in [0.29, 0.717) is 13.0 Å². The minimum Gasteiger partial charge on any atom is -0.396 e. The molecule has 1 aliphatic rings. The topological polar surface area (TPSA) is 69.6 Å². The molecule has 0 aliphatic carbocycles. The molecule has 3 unspecified atom stereocenters. The molecule has 5 heteroatoms. The Hall–Kier alpha value is -1.10. The number of nitrogens with one attached hydrogen (secondary N) is 1. The smallest absolute Gasteiger partial charge is 0.225 e. The summed E-state index contributed by atoms with van der Waals surface area (Å²) in [5, 5.41) is 11.8. The summed E-state index contributed by atoms with van der Waals surface area (Å²) in [6, 6.07) is -0.0708. The number of hydrogen-bond donors (Lipinski definition) is 2. The van der Waals surface area contributed by atoms with E-state index in [0.717, 1.165) is 0 Å². The highest BCUT2D eigenvalue weighted by atomic mass is 16.3. The zero-order valence-corrected chi connectivity index (χ0v) is 10.1. The Labute approximate surface area is 95.8 Å². The van der Waals surface area contributed by atoms with Crippen LogP contribution in [-0.2, 0) is 9.59 Å². The van der Waals surface area contributed by atoms with Gasteiger partial charge in [-0.2, -0.15) is 0 Å². The predicted molar refractivity (Wildman–Crippen MR) is 59.6 cm³/mol. The van der Waals surface area contributed by atoms with Crippen molar-refractivity contribution in [3.63, 3.8) is 0 Å². The van der Waals surface area contributed by atoms with Gasteiger partial charge < -0.3 is 15.3 Å². The van der Waals surface area contributed by atoms with E-state index >= 15 is 0 Å². The molecule has 16 heavy (non-hydrogen) atoms. The van der Waals surface area contributed by atoms with E-state index in [9.17, 15) is 9.59 Å². The van der Waals surface area contributed by atoms with E-state index in [4.69, 9.17) is 5.11 Å². The maximum Gasteiger partial charge on any atom is 0.225 e. The maximum atomic E-state index is 11.8. The summed E-state index contributed by atoms with van der Waals surface area (Å²) >= 11 is 0. The minimum absolute atomic E-state index is 0.0167. The summed E-state index contributed by atoms with van der Waals surface area (Å²) in [4.78, 5) is 24.6. The lowest BCUT2D eigenvalue weighted by atomic mass is 10.0. The number of carbonyl (C=O) groups is 2. The maximum absolute atomic E-state index is 11.8. The molecule has 1 aliphatic heterocycles. The Morgan fingerprint density at radius 1 is 1.62 bits per heavy atom. The van der Waals surface area contributed by atoms with Crippen molar-refractivity contribution in [2.24, 2.45) is 11.8 Å². The number of hydrogen-bond acceptors (Lipinski definition) is 3. The zero-order chi connectivity index (χ0) is 12.3. The van der Waals surface area contributed by atoms with Gasteiger partial charge in [0.05, 0.1) is 5.92 Å². The van der Waals surface area contributed by atoms with E-state index in [1.54, 1.807) is 11.9 Å². The Kier molecular flexibility index (Phi) is 4.29. The van der Waals surface area contributed by atoms with Crippen molar-refractivity contribution in [3.05, 3.63) is 0 Å². The summed E-state index contributed by atoms with van der Waals surface area (Å²) in [7, 11) is 1.70. The van der Waals surface area contributed by atoms with Crippen LogP contribution >= 0.6 is 0 Å². The lowest BCUT2D eigenvalue weighted by molar-refractivity contribution is -0.128. The highest BCUT2D eigenvalue weighted by Crippen LogP contribution is 2.16. The van der Waals surface area contributed by atoms with E-state index in [1.165, 1.54) is 0 Å². The number of aliphatic hydroxyl groups is 1. The average Bonchev–Trinajstić information content (AvgIpc) is 2.58. The van der Waals surface area contributed by atoms with Crippen molar-refractivity contribution >= 4 is 11.8 Å². The SMILES string of the molecule is CC(CO)C(C)NC(=O)C1CC(=O)N(C)C1. The molecule has 1 fully saturated rings. The molecular weight excluding hydrogens is 208 g/mol. The van der Waals surface area contributed by atoms with Crippen molar-refractivity contribution in [3.8, 4) is 0 Å². The van der Waals surface area contributed by atoms with E-state index < -0.39 is 0 Å². The van der Waals surface area contributed by atoms with Gasteiger partial charge in [0.15, 0.2) is 0 Å². The van der Waals surface area contributed by atoms with Crippen LogP contribution in [0.15, 0.2) is 0 Å². The summed E-state index contributed by atoms with van der Waals surface area (Å²) < 4.78 is 0. The highest BCUT2D eigenvalue weighted by Gasteiger charge is 2.32. The second-order valence-electron chi connectivity index (χ2n) is 4.63. The standard InChI is InChI=1S/C11H20N2O3/c1-7(6-14)8(2)12-11(16)9-4-10(15)13(3)5-9/h7-9,14H,4-6H2,1-3H3,(H,12,16). The molecule has 2 amide bonds. The molecule has 0 bridgehead atoms. The van der Waals surface area contributed by atoms with Crippen LogP contribution in [0.25, 0.3) is 0 Å². The Bertz CT molecular complexity index is 280. The number of carbonyl (C=O) groups excluding carboxylic acids is 2. The number of likely N-dealkylation sites (tertiary alicyclic amines) is 1. The van der Waals surface area contributed by atoms with Gasteiger partial charge >= 0.3 is 0 Å². The van der Waals surface area contributed by atoms with E-state index in [1.807, 2.05) is 13.8 Å². The molecule has 0 saturated carbocycles. The Morgan fingerprint density at radius 2 is 2.25 bits per heavy atom. The second kappa shape index (κ2) is 5.30. The van der Waals surface area contributed by atoms with Crippen LogP contribution in [0.3, 0.4) is 0 Å². The van der Waals surface area contributed by atoms with Crippen molar-refractivity contribution in [1.82, 2.24) is 10.2 Å². The van der Waals surface area contributed by atoms with Gasteiger partial charge in [-0.25, -0.2) is 0 Å². The number of aliphatic hydroxyl groups excluding tert-OH is 1. The average molecular weight is 228 g/mol. The van der Waals surface area contributed by atoms with Crippen molar-refractivity contribution in [1.29, 1.82) is 0 Å². The summed E-state index contributed by atoms with van der Waals surface area (Å²) in [5.41, 5.74) is 0. The van der Waals surface area contributed by atoms with Crippen LogP contribution in [0.2, 0.25) is 0 Å².